The molecule has 76 valence electrons. The van der Waals surface area contributed by atoms with Crippen LogP contribution >= 0.6 is 0 Å². The molecule has 0 aliphatic heterocycles. The van der Waals surface area contributed by atoms with E-state index >= 15 is 0 Å². The summed E-state index contributed by atoms with van der Waals surface area (Å²) in [6.45, 7) is 9.69. The molecular formula is C11H20O2. The summed E-state index contributed by atoms with van der Waals surface area (Å²) in [5.74, 6) is 2.51. The molecule has 0 radical (unpaired) electrons. The molecule has 0 aromatic heterocycles. The molecule has 0 spiro atoms. The van der Waals surface area contributed by atoms with Crippen molar-refractivity contribution in [1.82, 2.24) is 0 Å². The van der Waals surface area contributed by atoms with Crippen LogP contribution in [0, 0.1) is 12.3 Å². The summed E-state index contributed by atoms with van der Waals surface area (Å²) in [6.07, 6.45) is 7.27. The van der Waals surface area contributed by atoms with Crippen molar-refractivity contribution in [2.75, 3.05) is 0 Å². The Kier molecular flexibility index (Phi) is 4.46. The van der Waals surface area contributed by atoms with E-state index in [0.717, 1.165) is 12.8 Å². The third kappa shape index (κ3) is 5.68. The van der Waals surface area contributed by atoms with Gasteiger partial charge in [-0.15, -0.1) is 6.42 Å². The van der Waals surface area contributed by atoms with Crippen molar-refractivity contribution >= 4 is 0 Å². The van der Waals surface area contributed by atoms with E-state index in [1.165, 1.54) is 0 Å². The number of terminal acetylenes is 1. The first kappa shape index (κ1) is 12.5. The van der Waals surface area contributed by atoms with Gasteiger partial charge >= 0.3 is 0 Å². The molecule has 0 saturated carbocycles. The topological polar surface area (TPSA) is 18.5 Å². The van der Waals surface area contributed by atoms with Gasteiger partial charge in [0.25, 0.3) is 0 Å². The summed E-state index contributed by atoms with van der Waals surface area (Å²) in [6, 6.07) is 0. The van der Waals surface area contributed by atoms with Crippen LogP contribution in [0.2, 0.25) is 0 Å². The first-order chi connectivity index (χ1) is 5.83. The van der Waals surface area contributed by atoms with Crippen molar-refractivity contribution in [3.8, 4) is 12.3 Å². The highest BCUT2D eigenvalue weighted by molar-refractivity contribution is 5.02. The van der Waals surface area contributed by atoms with E-state index in [2.05, 4.69) is 12.8 Å². The molecule has 0 rings (SSSR count). The van der Waals surface area contributed by atoms with Gasteiger partial charge in [-0.05, 0) is 34.1 Å². The standard InChI is InChI=1S/C11H20O2/c1-7-9-11(5,6)13-12-10(3,4)8-2/h2H,7,9H2,1,3-6H3. The van der Waals surface area contributed by atoms with E-state index in [-0.39, 0.29) is 5.60 Å². The van der Waals surface area contributed by atoms with Crippen molar-refractivity contribution in [2.45, 2.75) is 58.7 Å². The minimum atomic E-state index is -0.648. The molecule has 0 fully saturated rings. The molecular weight excluding hydrogens is 164 g/mol. The van der Waals surface area contributed by atoms with Gasteiger partial charge in [0.2, 0.25) is 0 Å². The van der Waals surface area contributed by atoms with Crippen molar-refractivity contribution in [1.29, 1.82) is 0 Å². The van der Waals surface area contributed by atoms with E-state index in [1.807, 2.05) is 13.8 Å². The minimum absolute atomic E-state index is 0.261. The maximum Gasteiger partial charge on any atom is 0.157 e. The molecule has 2 nitrogen and oxygen atoms in total. The molecule has 0 N–H and O–H groups in total. The first-order valence-electron chi connectivity index (χ1n) is 4.67. The third-order valence-corrected chi connectivity index (χ3v) is 1.68. The van der Waals surface area contributed by atoms with Crippen LogP contribution in [0.3, 0.4) is 0 Å². The zero-order valence-electron chi connectivity index (χ0n) is 9.31. The normalized spacial score (nSPS) is 12.6. The Morgan fingerprint density at radius 2 is 1.69 bits per heavy atom. The maximum absolute atomic E-state index is 5.28. The highest BCUT2D eigenvalue weighted by Crippen LogP contribution is 2.20. The van der Waals surface area contributed by atoms with Crippen molar-refractivity contribution in [3.05, 3.63) is 0 Å². The maximum atomic E-state index is 5.28. The zero-order valence-corrected chi connectivity index (χ0v) is 9.31. The average molecular weight is 184 g/mol. The van der Waals surface area contributed by atoms with Gasteiger partial charge in [-0.1, -0.05) is 19.3 Å². The minimum Gasteiger partial charge on any atom is -0.229 e. The molecule has 0 heterocycles. The summed E-state index contributed by atoms with van der Waals surface area (Å²) < 4.78 is 0. The number of hydrogen-bond donors (Lipinski definition) is 0. The SMILES string of the molecule is C#CC(C)(C)OOC(C)(C)CCC. The lowest BCUT2D eigenvalue weighted by atomic mass is 10.0. The van der Waals surface area contributed by atoms with Gasteiger partial charge < -0.3 is 0 Å². The largest absolute Gasteiger partial charge is 0.229 e. The molecule has 0 aliphatic carbocycles. The molecule has 0 unspecified atom stereocenters. The fraction of sp³-hybridized carbons (Fsp3) is 0.818. The van der Waals surface area contributed by atoms with Crippen molar-refractivity contribution in [2.24, 2.45) is 0 Å². The van der Waals surface area contributed by atoms with E-state index in [1.54, 1.807) is 13.8 Å². The van der Waals surface area contributed by atoms with Gasteiger partial charge in [0.15, 0.2) is 5.60 Å². The Hall–Kier alpha value is -0.520. The van der Waals surface area contributed by atoms with Crippen LogP contribution in [0.25, 0.3) is 0 Å². The lowest BCUT2D eigenvalue weighted by Gasteiger charge is -2.27. The van der Waals surface area contributed by atoms with Crippen LogP contribution < -0.4 is 0 Å². The quantitative estimate of drug-likeness (QED) is 0.371. The Bertz CT molecular complexity index is 187. The fourth-order valence-electron chi connectivity index (χ4n) is 0.885. The van der Waals surface area contributed by atoms with Crippen LogP contribution in [0.4, 0.5) is 0 Å². The lowest BCUT2D eigenvalue weighted by molar-refractivity contribution is -0.389. The Balaban J connectivity index is 3.95. The summed E-state index contributed by atoms with van der Waals surface area (Å²) in [5.41, 5.74) is -0.909. The van der Waals surface area contributed by atoms with Crippen LogP contribution in [0.15, 0.2) is 0 Å². The molecule has 0 atom stereocenters. The second-order valence-electron chi connectivity index (χ2n) is 4.33. The van der Waals surface area contributed by atoms with Crippen molar-refractivity contribution < 1.29 is 9.78 Å². The highest BCUT2D eigenvalue weighted by atomic mass is 17.2. The molecule has 0 aromatic carbocycles. The second kappa shape index (κ2) is 4.64. The molecule has 2 heteroatoms. The molecule has 0 aliphatic rings. The molecule has 0 aromatic rings. The highest BCUT2D eigenvalue weighted by Gasteiger charge is 2.24. The monoisotopic (exact) mass is 184 g/mol. The van der Waals surface area contributed by atoms with Gasteiger partial charge in [-0.25, -0.2) is 9.78 Å². The van der Waals surface area contributed by atoms with Gasteiger partial charge in [-0.2, -0.15) is 0 Å². The van der Waals surface area contributed by atoms with Gasteiger partial charge in [-0.3, -0.25) is 0 Å². The fourth-order valence-corrected chi connectivity index (χ4v) is 0.885. The average Bonchev–Trinajstić information content (AvgIpc) is 2.02. The third-order valence-electron chi connectivity index (χ3n) is 1.68. The Labute approximate surface area is 81.5 Å². The summed E-state index contributed by atoms with van der Waals surface area (Å²) in [5, 5.41) is 0. The first-order valence-corrected chi connectivity index (χ1v) is 4.67. The van der Waals surface area contributed by atoms with E-state index in [4.69, 9.17) is 16.2 Å². The van der Waals surface area contributed by atoms with Crippen LogP contribution in [0.5, 0.6) is 0 Å². The lowest BCUT2D eigenvalue weighted by Crippen LogP contribution is -2.31. The van der Waals surface area contributed by atoms with E-state index in [9.17, 15) is 0 Å². The molecule has 0 amide bonds. The Morgan fingerprint density at radius 3 is 2.08 bits per heavy atom. The summed E-state index contributed by atoms with van der Waals surface area (Å²) >= 11 is 0. The van der Waals surface area contributed by atoms with Crippen molar-refractivity contribution in [3.63, 3.8) is 0 Å². The molecule has 0 bridgehead atoms. The predicted molar refractivity (Wildman–Crippen MR) is 54.1 cm³/mol. The zero-order chi connectivity index (χ0) is 10.5. The Morgan fingerprint density at radius 1 is 1.15 bits per heavy atom. The van der Waals surface area contributed by atoms with E-state index in [0.29, 0.717) is 0 Å². The molecule has 0 saturated heterocycles. The van der Waals surface area contributed by atoms with Crippen LogP contribution in [-0.2, 0) is 9.78 Å². The van der Waals surface area contributed by atoms with Crippen LogP contribution in [0.1, 0.15) is 47.5 Å². The summed E-state index contributed by atoms with van der Waals surface area (Å²) in [7, 11) is 0. The van der Waals surface area contributed by atoms with E-state index < -0.39 is 5.60 Å². The van der Waals surface area contributed by atoms with Gasteiger partial charge in [0.05, 0.1) is 5.60 Å². The van der Waals surface area contributed by atoms with Gasteiger partial charge in [0, 0.05) is 0 Å². The van der Waals surface area contributed by atoms with Gasteiger partial charge in [0.1, 0.15) is 0 Å². The number of rotatable bonds is 5. The summed E-state index contributed by atoms with van der Waals surface area (Å²) in [4.78, 5) is 10.4. The second-order valence-corrected chi connectivity index (χ2v) is 4.33. The predicted octanol–water partition coefficient (Wildman–Crippen LogP) is 2.93. The molecule has 13 heavy (non-hydrogen) atoms. The number of hydrogen-bond acceptors (Lipinski definition) is 2. The van der Waals surface area contributed by atoms with Crippen LogP contribution in [-0.4, -0.2) is 11.2 Å². The smallest absolute Gasteiger partial charge is 0.157 e.